The highest BCUT2D eigenvalue weighted by molar-refractivity contribution is 9.10. The molecule has 0 aromatic carbocycles. The summed E-state index contributed by atoms with van der Waals surface area (Å²) in [6.07, 6.45) is 1.66. The maximum atomic E-state index is 11.8. The smallest absolute Gasteiger partial charge is 0.252 e. The summed E-state index contributed by atoms with van der Waals surface area (Å²) in [4.78, 5) is 15.9. The molecule has 0 bridgehead atoms. The molecule has 2 N–H and O–H groups in total. The van der Waals surface area contributed by atoms with Crippen molar-refractivity contribution >= 4 is 27.7 Å². The van der Waals surface area contributed by atoms with Crippen LogP contribution in [0.25, 0.3) is 0 Å². The second-order valence-corrected chi connectivity index (χ2v) is 4.56. The maximum Gasteiger partial charge on any atom is 0.252 e. The van der Waals surface area contributed by atoms with Crippen molar-refractivity contribution < 1.29 is 4.79 Å². The van der Waals surface area contributed by atoms with Crippen LogP contribution in [0.1, 0.15) is 6.92 Å². The molecule has 0 aliphatic carbocycles. The van der Waals surface area contributed by atoms with Crippen molar-refractivity contribution in [1.82, 2.24) is 10.3 Å². The molecule has 0 atom stereocenters. The molecular weight excluding hydrogens is 270 g/mol. The average Bonchev–Trinajstić information content (AvgIpc) is 2.19. The highest BCUT2D eigenvalue weighted by atomic mass is 79.9. The van der Waals surface area contributed by atoms with Gasteiger partial charge in [-0.25, -0.2) is 4.98 Å². The molecule has 16 heavy (non-hydrogen) atoms. The molecule has 1 saturated heterocycles. The number of hydrogen-bond acceptors (Lipinski definition) is 3. The van der Waals surface area contributed by atoms with E-state index in [1.165, 1.54) is 0 Å². The van der Waals surface area contributed by atoms with Crippen LogP contribution in [-0.4, -0.2) is 24.0 Å². The van der Waals surface area contributed by atoms with Crippen LogP contribution in [0, 0.1) is 0 Å². The van der Waals surface area contributed by atoms with Gasteiger partial charge < -0.3 is 10.6 Å². The molecule has 1 fully saturated rings. The molecule has 2 heterocycles. The van der Waals surface area contributed by atoms with Crippen molar-refractivity contribution in [3.8, 4) is 0 Å². The van der Waals surface area contributed by atoms with E-state index in [-0.39, 0.29) is 5.91 Å². The fraction of sp³-hybridized carbons (Fsp3) is 0.273. The van der Waals surface area contributed by atoms with Gasteiger partial charge in [-0.1, -0.05) is 0 Å². The molecule has 0 saturated carbocycles. The first kappa shape index (κ1) is 11.3. The highest BCUT2D eigenvalue weighted by Gasteiger charge is 2.16. The van der Waals surface area contributed by atoms with E-state index < -0.39 is 0 Å². The monoisotopic (exact) mass is 281 g/mol. The lowest BCUT2D eigenvalue weighted by molar-refractivity contribution is -0.112. The van der Waals surface area contributed by atoms with Crippen molar-refractivity contribution in [3.63, 3.8) is 0 Å². The van der Waals surface area contributed by atoms with Crippen molar-refractivity contribution in [3.05, 3.63) is 33.9 Å². The average molecular weight is 282 g/mol. The third-order valence-electron chi connectivity index (χ3n) is 2.52. The highest BCUT2D eigenvalue weighted by Crippen LogP contribution is 2.13. The Labute approximate surface area is 102 Å². The van der Waals surface area contributed by atoms with E-state index in [0.29, 0.717) is 5.82 Å². The zero-order valence-corrected chi connectivity index (χ0v) is 10.5. The topological polar surface area (TPSA) is 54.0 Å². The largest absolute Gasteiger partial charge is 0.309 e. The number of anilines is 1. The molecule has 0 unspecified atom stereocenters. The quantitative estimate of drug-likeness (QED) is 0.812. The Hall–Kier alpha value is -1.20. The fourth-order valence-electron chi connectivity index (χ4n) is 1.34. The normalized spacial score (nSPS) is 14.2. The molecule has 0 radical (unpaired) electrons. The van der Waals surface area contributed by atoms with Gasteiger partial charge in [0, 0.05) is 29.3 Å². The molecule has 1 aliphatic heterocycles. The summed E-state index contributed by atoms with van der Waals surface area (Å²) in [6.45, 7) is 3.46. The van der Waals surface area contributed by atoms with E-state index in [1.54, 1.807) is 12.3 Å². The van der Waals surface area contributed by atoms with Gasteiger partial charge in [-0.15, -0.1) is 0 Å². The van der Waals surface area contributed by atoms with Gasteiger partial charge in [0.05, 0.1) is 0 Å². The maximum absolute atomic E-state index is 11.8. The van der Waals surface area contributed by atoms with Crippen LogP contribution in [0.3, 0.4) is 0 Å². The SMILES string of the molecule is CC(C(=O)Nc1ccc(Br)cn1)=C1CNC1. The summed E-state index contributed by atoms with van der Waals surface area (Å²) in [7, 11) is 0. The summed E-state index contributed by atoms with van der Waals surface area (Å²) < 4.78 is 0.892. The number of amides is 1. The third-order valence-corrected chi connectivity index (χ3v) is 2.99. The predicted molar refractivity (Wildman–Crippen MR) is 66.1 cm³/mol. The number of carbonyl (C=O) groups excluding carboxylic acids is 1. The van der Waals surface area contributed by atoms with Gasteiger partial charge in [-0.2, -0.15) is 0 Å². The molecule has 1 aromatic heterocycles. The van der Waals surface area contributed by atoms with Crippen molar-refractivity contribution in [2.75, 3.05) is 18.4 Å². The zero-order valence-electron chi connectivity index (χ0n) is 8.88. The number of hydrogen-bond donors (Lipinski definition) is 2. The second kappa shape index (κ2) is 4.76. The predicted octanol–water partition coefficient (Wildman–Crippen LogP) is 1.70. The number of nitrogens with zero attached hydrogens (tertiary/aromatic N) is 1. The first-order valence-electron chi connectivity index (χ1n) is 4.99. The molecule has 1 aromatic rings. The van der Waals surface area contributed by atoms with Crippen LogP contribution in [0.4, 0.5) is 5.82 Å². The van der Waals surface area contributed by atoms with Crippen molar-refractivity contribution in [2.24, 2.45) is 0 Å². The van der Waals surface area contributed by atoms with Crippen LogP contribution in [0.2, 0.25) is 0 Å². The Balaban J connectivity index is 2.04. The number of nitrogens with one attached hydrogen (secondary N) is 2. The molecule has 1 amide bonds. The third kappa shape index (κ3) is 2.48. The van der Waals surface area contributed by atoms with Crippen LogP contribution >= 0.6 is 15.9 Å². The van der Waals surface area contributed by atoms with Crippen LogP contribution in [0.5, 0.6) is 0 Å². The fourth-order valence-corrected chi connectivity index (χ4v) is 1.57. The summed E-state index contributed by atoms with van der Waals surface area (Å²) in [5.74, 6) is 0.492. The van der Waals surface area contributed by atoms with E-state index >= 15 is 0 Å². The van der Waals surface area contributed by atoms with Crippen LogP contribution < -0.4 is 10.6 Å². The Bertz CT molecular complexity index is 433. The Morgan fingerprint density at radius 1 is 1.50 bits per heavy atom. The van der Waals surface area contributed by atoms with Gasteiger partial charge in [0.1, 0.15) is 5.82 Å². The number of halogens is 1. The summed E-state index contributed by atoms with van der Waals surface area (Å²) in [6, 6.07) is 3.61. The molecule has 2 rings (SSSR count). The Morgan fingerprint density at radius 3 is 2.75 bits per heavy atom. The lowest BCUT2D eigenvalue weighted by Gasteiger charge is -2.21. The van der Waals surface area contributed by atoms with E-state index in [1.807, 2.05) is 13.0 Å². The Morgan fingerprint density at radius 2 is 2.25 bits per heavy atom. The lowest BCUT2D eigenvalue weighted by Crippen LogP contribution is -2.36. The van der Waals surface area contributed by atoms with Gasteiger partial charge in [0.25, 0.3) is 5.91 Å². The zero-order chi connectivity index (χ0) is 11.5. The Kier molecular flexibility index (Phi) is 3.36. The van der Waals surface area contributed by atoms with Gasteiger partial charge in [-0.05, 0) is 40.6 Å². The molecule has 1 aliphatic rings. The van der Waals surface area contributed by atoms with Gasteiger partial charge in [0.15, 0.2) is 0 Å². The summed E-state index contributed by atoms with van der Waals surface area (Å²) >= 11 is 3.29. The van der Waals surface area contributed by atoms with E-state index in [2.05, 4.69) is 31.5 Å². The first-order chi connectivity index (χ1) is 7.66. The second-order valence-electron chi connectivity index (χ2n) is 3.65. The molecule has 0 spiro atoms. The minimum absolute atomic E-state index is 0.0775. The van der Waals surface area contributed by atoms with Crippen LogP contribution in [0.15, 0.2) is 33.9 Å². The lowest BCUT2D eigenvalue weighted by atomic mass is 10.0. The van der Waals surface area contributed by atoms with Crippen molar-refractivity contribution in [1.29, 1.82) is 0 Å². The number of rotatable bonds is 2. The van der Waals surface area contributed by atoms with E-state index in [9.17, 15) is 4.79 Å². The first-order valence-corrected chi connectivity index (χ1v) is 5.78. The standard InChI is InChI=1S/C11H12BrN3O/c1-7(8-4-13-5-8)11(16)15-10-3-2-9(12)6-14-10/h2-3,6,13H,4-5H2,1H3,(H,14,15,16). The van der Waals surface area contributed by atoms with Crippen molar-refractivity contribution in [2.45, 2.75) is 6.92 Å². The number of pyridine rings is 1. The van der Waals surface area contributed by atoms with Crippen LogP contribution in [-0.2, 0) is 4.79 Å². The van der Waals surface area contributed by atoms with Gasteiger partial charge in [-0.3, -0.25) is 4.79 Å². The number of carbonyl (C=O) groups is 1. The minimum atomic E-state index is -0.0775. The van der Waals surface area contributed by atoms with E-state index in [4.69, 9.17) is 0 Å². The van der Waals surface area contributed by atoms with Gasteiger partial charge in [0.2, 0.25) is 0 Å². The summed E-state index contributed by atoms with van der Waals surface area (Å²) in [5.41, 5.74) is 1.94. The summed E-state index contributed by atoms with van der Waals surface area (Å²) in [5, 5.41) is 5.87. The molecule has 84 valence electrons. The molecule has 4 nitrogen and oxygen atoms in total. The number of aromatic nitrogens is 1. The molecular formula is C11H12BrN3O. The molecule has 5 heteroatoms. The minimum Gasteiger partial charge on any atom is -0.309 e. The van der Waals surface area contributed by atoms with E-state index in [0.717, 1.165) is 28.7 Å². The van der Waals surface area contributed by atoms with Gasteiger partial charge >= 0.3 is 0 Å².